The molecule has 118 valence electrons. The SMILES string of the molecule is Cc1cccc(C)c1OCC(C)NCc1cccc(CN)c1. The maximum atomic E-state index is 5.98. The highest BCUT2D eigenvalue weighted by Gasteiger charge is 2.07. The molecule has 0 aromatic heterocycles. The van der Waals surface area contributed by atoms with Gasteiger partial charge in [-0.3, -0.25) is 0 Å². The lowest BCUT2D eigenvalue weighted by molar-refractivity contribution is 0.269. The van der Waals surface area contributed by atoms with Gasteiger partial charge < -0.3 is 15.8 Å². The molecule has 1 atom stereocenters. The lowest BCUT2D eigenvalue weighted by Gasteiger charge is -2.17. The number of para-hydroxylation sites is 1. The molecular weight excluding hydrogens is 272 g/mol. The average Bonchev–Trinajstić information content (AvgIpc) is 2.52. The van der Waals surface area contributed by atoms with Crippen molar-refractivity contribution in [2.75, 3.05) is 6.61 Å². The molecule has 0 saturated heterocycles. The molecule has 0 spiro atoms. The van der Waals surface area contributed by atoms with Crippen molar-refractivity contribution < 1.29 is 4.74 Å². The molecule has 0 aliphatic heterocycles. The van der Waals surface area contributed by atoms with Crippen LogP contribution in [0.3, 0.4) is 0 Å². The van der Waals surface area contributed by atoms with Gasteiger partial charge in [0, 0.05) is 19.1 Å². The number of aryl methyl sites for hydroxylation is 2. The van der Waals surface area contributed by atoms with Crippen molar-refractivity contribution in [3.05, 3.63) is 64.7 Å². The first-order chi connectivity index (χ1) is 10.6. The van der Waals surface area contributed by atoms with Gasteiger partial charge in [0.05, 0.1) is 0 Å². The zero-order chi connectivity index (χ0) is 15.9. The average molecular weight is 298 g/mol. The predicted molar refractivity (Wildman–Crippen MR) is 92.0 cm³/mol. The quantitative estimate of drug-likeness (QED) is 0.824. The Hall–Kier alpha value is -1.84. The largest absolute Gasteiger partial charge is 0.491 e. The number of ether oxygens (including phenoxy) is 1. The molecule has 3 heteroatoms. The van der Waals surface area contributed by atoms with Crippen LogP contribution in [0.25, 0.3) is 0 Å². The summed E-state index contributed by atoms with van der Waals surface area (Å²) in [5, 5.41) is 3.49. The van der Waals surface area contributed by atoms with E-state index < -0.39 is 0 Å². The number of rotatable bonds is 7. The van der Waals surface area contributed by atoms with Crippen molar-refractivity contribution in [2.24, 2.45) is 5.73 Å². The number of nitrogens with one attached hydrogen (secondary N) is 1. The summed E-state index contributed by atoms with van der Waals surface area (Å²) >= 11 is 0. The van der Waals surface area contributed by atoms with E-state index in [0.29, 0.717) is 13.2 Å². The van der Waals surface area contributed by atoms with Crippen molar-refractivity contribution in [3.63, 3.8) is 0 Å². The first-order valence-corrected chi connectivity index (χ1v) is 7.80. The summed E-state index contributed by atoms with van der Waals surface area (Å²) in [5.41, 5.74) is 10.5. The van der Waals surface area contributed by atoms with Crippen LogP contribution in [-0.2, 0) is 13.1 Å². The molecule has 0 fully saturated rings. The Morgan fingerprint density at radius 3 is 2.36 bits per heavy atom. The van der Waals surface area contributed by atoms with Gasteiger partial charge in [0.1, 0.15) is 12.4 Å². The lowest BCUT2D eigenvalue weighted by atomic mass is 10.1. The molecule has 3 N–H and O–H groups in total. The Bertz CT molecular complexity index is 590. The molecule has 0 amide bonds. The summed E-state index contributed by atoms with van der Waals surface area (Å²) in [6.45, 7) is 8.37. The normalized spacial score (nSPS) is 12.2. The van der Waals surface area contributed by atoms with Gasteiger partial charge in [-0.25, -0.2) is 0 Å². The summed E-state index contributed by atoms with van der Waals surface area (Å²) in [4.78, 5) is 0. The molecule has 3 nitrogen and oxygen atoms in total. The maximum Gasteiger partial charge on any atom is 0.125 e. The first-order valence-electron chi connectivity index (χ1n) is 7.80. The van der Waals surface area contributed by atoms with E-state index in [1.54, 1.807) is 0 Å². The molecule has 0 aliphatic carbocycles. The molecule has 2 aromatic carbocycles. The van der Waals surface area contributed by atoms with Crippen LogP contribution < -0.4 is 15.8 Å². The third kappa shape index (κ3) is 4.58. The van der Waals surface area contributed by atoms with E-state index in [1.165, 1.54) is 22.3 Å². The lowest BCUT2D eigenvalue weighted by Crippen LogP contribution is -2.31. The van der Waals surface area contributed by atoms with E-state index in [1.807, 2.05) is 0 Å². The van der Waals surface area contributed by atoms with Crippen molar-refractivity contribution in [2.45, 2.75) is 39.9 Å². The van der Waals surface area contributed by atoms with E-state index >= 15 is 0 Å². The van der Waals surface area contributed by atoms with Crippen LogP contribution in [0.2, 0.25) is 0 Å². The fraction of sp³-hybridized carbons (Fsp3) is 0.368. The third-order valence-corrected chi connectivity index (χ3v) is 3.77. The number of hydrogen-bond donors (Lipinski definition) is 2. The van der Waals surface area contributed by atoms with Gasteiger partial charge in [-0.1, -0.05) is 42.5 Å². The van der Waals surface area contributed by atoms with Gasteiger partial charge in [0.15, 0.2) is 0 Å². The van der Waals surface area contributed by atoms with Gasteiger partial charge >= 0.3 is 0 Å². The van der Waals surface area contributed by atoms with E-state index in [-0.39, 0.29) is 6.04 Å². The number of benzene rings is 2. The van der Waals surface area contributed by atoms with E-state index in [2.05, 4.69) is 68.6 Å². The van der Waals surface area contributed by atoms with E-state index in [0.717, 1.165) is 12.3 Å². The monoisotopic (exact) mass is 298 g/mol. The molecule has 0 heterocycles. The maximum absolute atomic E-state index is 5.98. The van der Waals surface area contributed by atoms with Gasteiger partial charge in [0.2, 0.25) is 0 Å². The Balaban J connectivity index is 1.84. The number of nitrogens with two attached hydrogens (primary N) is 1. The highest BCUT2D eigenvalue weighted by molar-refractivity contribution is 5.39. The summed E-state index contributed by atoms with van der Waals surface area (Å²) in [7, 11) is 0. The molecule has 0 radical (unpaired) electrons. The van der Waals surface area contributed by atoms with Crippen molar-refractivity contribution in [1.82, 2.24) is 5.32 Å². The first kappa shape index (κ1) is 16.5. The minimum atomic E-state index is 0.278. The predicted octanol–water partition coefficient (Wildman–Crippen LogP) is 3.32. The van der Waals surface area contributed by atoms with Crippen LogP contribution >= 0.6 is 0 Å². The van der Waals surface area contributed by atoms with Gasteiger partial charge in [-0.05, 0) is 43.0 Å². The molecule has 2 aromatic rings. The fourth-order valence-corrected chi connectivity index (χ4v) is 2.45. The fourth-order valence-electron chi connectivity index (χ4n) is 2.45. The smallest absolute Gasteiger partial charge is 0.125 e. The van der Waals surface area contributed by atoms with Crippen molar-refractivity contribution >= 4 is 0 Å². The molecule has 1 unspecified atom stereocenters. The van der Waals surface area contributed by atoms with Crippen LogP contribution in [0.4, 0.5) is 0 Å². The van der Waals surface area contributed by atoms with E-state index in [9.17, 15) is 0 Å². The Labute approximate surface area is 133 Å². The van der Waals surface area contributed by atoms with Crippen molar-refractivity contribution in [3.8, 4) is 5.75 Å². The Kier molecular flexibility index (Phi) is 5.99. The van der Waals surface area contributed by atoms with Gasteiger partial charge in [0.25, 0.3) is 0 Å². The summed E-state index contributed by atoms with van der Waals surface area (Å²) in [5.74, 6) is 1.00. The van der Waals surface area contributed by atoms with E-state index in [4.69, 9.17) is 10.5 Å². The third-order valence-electron chi connectivity index (χ3n) is 3.77. The van der Waals surface area contributed by atoms with Crippen LogP contribution in [0.1, 0.15) is 29.2 Å². The zero-order valence-electron chi connectivity index (χ0n) is 13.7. The second-order valence-corrected chi connectivity index (χ2v) is 5.84. The number of hydrogen-bond acceptors (Lipinski definition) is 3. The highest BCUT2D eigenvalue weighted by atomic mass is 16.5. The summed E-state index contributed by atoms with van der Waals surface area (Å²) in [6.07, 6.45) is 0. The highest BCUT2D eigenvalue weighted by Crippen LogP contribution is 2.22. The van der Waals surface area contributed by atoms with Crippen LogP contribution in [0.15, 0.2) is 42.5 Å². The second-order valence-electron chi connectivity index (χ2n) is 5.84. The van der Waals surface area contributed by atoms with Crippen LogP contribution in [0, 0.1) is 13.8 Å². The van der Waals surface area contributed by atoms with Crippen LogP contribution in [0.5, 0.6) is 5.75 Å². The Morgan fingerprint density at radius 1 is 1.05 bits per heavy atom. The second kappa shape index (κ2) is 7.97. The molecule has 0 aliphatic rings. The molecule has 0 bridgehead atoms. The summed E-state index contributed by atoms with van der Waals surface area (Å²) < 4.78 is 5.98. The van der Waals surface area contributed by atoms with Crippen molar-refractivity contribution in [1.29, 1.82) is 0 Å². The standard InChI is InChI=1S/C19H26N2O/c1-14-6-4-7-15(2)19(14)22-13-16(3)21-12-18-9-5-8-17(10-18)11-20/h4-10,16,21H,11-13,20H2,1-3H3. The molecule has 2 rings (SSSR count). The molecular formula is C19H26N2O. The molecule has 0 saturated carbocycles. The van der Waals surface area contributed by atoms with Gasteiger partial charge in [-0.2, -0.15) is 0 Å². The Morgan fingerprint density at radius 2 is 1.68 bits per heavy atom. The minimum absolute atomic E-state index is 0.278. The zero-order valence-corrected chi connectivity index (χ0v) is 13.7. The van der Waals surface area contributed by atoms with Gasteiger partial charge in [-0.15, -0.1) is 0 Å². The topological polar surface area (TPSA) is 47.3 Å². The summed E-state index contributed by atoms with van der Waals surface area (Å²) in [6, 6.07) is 14.9. The van der Waals surface area contributed by atoms with Crippen LogP contribution in [-0.4, -0.2) is 12.6 Å². The molecule has 22 heavy (non-hydrogen) atoms. The minimum Gasteiger partial charge on any atom is -0.491 e.